The van der Waals surface area contributed by atoms with Crippen molar-refractivity contribution in [1.82, 2.24) is 4.90 Å². The zero-order valence-corrected chi connectivity index (χ0v) is 9.32. The highest BCUT2D eigenvalue weighted by molar-refractivity contribution is 5.14. The first-order valence-corrected chi connectivity index (χ1v) is 5.50. The lowest BCUT2D eigenvalue weighted by molar-refractivity contribution is 0.277. The Balaban J connectivity index is 2.37. The van der Waals surface area contributed by atoms with E-state index in [1.165, 1.54) is 5.56 Å². The third kappa shape index (κ3) is 4.62. The van der Waals surface area contributed by atoms with Gasteiger partial charge in [-0.3, -0.25) is 4.90 Å². The standard InChI is InChI=1S/C13H18N2/c1-2-15(11-7-6-10-14)12-13-8-4-3-5-9-13/h3-5,8-9H,2,6-7,11-12H2,1H3. The molecule has 0 bridgehead atoms. The highest BCUT2D eigenvalue weighted by Crippen LogP contribution is 2.05. The van der Waals surface area contributed by atoms with Gasteiger partial charge in [0.15, 0.2) is 0 Å². The van der Waals surface area contributed by atoms with Crippen molar-refractivity contribution < 1.29 is 0 Å². The monoisotopic (exact) mass is 202 g/mol. The molecule has 0 unspecified atom stereocenters. The Morgan fingerprint density at radius 2 is 2.00 bits per heavy atom. The normalized spacial score (nSPS) is 10.2. The molecule has 0 aromatic heterocycles. The van der Waals surface area contributed by atoms with Crippen LogP contribution in [0.1, 0.15) is 25.3 Å². The van der Waals surface area contributed by atoms with E-state index in [1.54, 1.807) is 0 Å². The molecule has 15 heavy (non-hydrogen) atoms. The third-order valence-corrected chi connectivity index (χ3v) is 2.46. The zero-order chi connectivity index (χ0) is 10.9. The molecule has 0 atom stereocenters. The SMILES string of the molecule is CCN(CCCC#N)Cc1ccccc1. The topological polar surface area (TPSA) is 27.0 Å². The molecule has 0 aliphatic rings. The lowest BCUT2D eigenvalue weighted by Crippen LogP contribution is -2.23. The fourth-order valence-corrected chi connectivity index (χ4v) is 1.57. The Kier molecular flexibility index (Phi) is 5.50. The van der Waals surface area contributed by atoms with E-state index < -0.39 is 0 Å². The summed E-state index contributed by atoms with van der Waals surface area (Å²) < 4.78 is 0. The van der Waals surface area contributed by atoms with Gasteiger partial charge in [0, 0.05) is 13.0 Å². The molecule has 0 radical (unpaired) electrons. The number of benzene rings is 1. The number of nitriles is 1. The van der Waals surface area contributed by atoms with Crippen LogP contribution in [0.5, 0.6) is 0 Å². The summed E-state index contributed by atoms with van der Waals surface area (Å²) in [6, 6.07) is 12.6. The maximum Gasteiger partial charge on any atom is 0.0622 e. The van der Waals surface area contributed by atoms with Crippen molar-refractivity contribution in [2.24, 2.45) is 0 Å². The summed E-state index contributed by atoms with van der Waals surface area (Å²) in [5.41, 5.74) is 1.34. The van der Waals surface area contributed by atoms with Gasteiger partial charge in [-0.1, -0.05) is 37.3 Å². The van der Waals surface area contributed by atoms with Crippen LogP contribution in [0.4, 0.5) is 0 Å². The molecule has 1 rings (SSSR count). The highest BCUT2D eigenvalue weighted by Gasteiger charge is 2.02. The summed E-state index contributed by atoms with van der Waals surface area (Å²) in [6.45, 7) is 5.21. The quantitative estimate of drug-likeness (QED) is 0.663. The van der Waals surface area contributed by atoms with Gasteiger partial charge in [-0.25, -0.2) is 0 Å². The molecule has 0 aliphatic heterocycles. The number of unbranched alkanes of at least 4 members (excludes halogenated alkanes) is 1. The van der Waals surface area contributed by atoms with Gasteiger partial charge < -0.3 is 0 Å². The third-order valence-electron chi connectivity index (χ3n) is 2.46. The van der Waals surface area contributed by atoms with Crippen molar-refractivity contribution >= 4 is 0 Å². The molecular weight excluding hydrogens is 184 g/mol. The largest absolute Gasteiger partial charge is 0.299 e. The van der Waals surface area contributed by atoms with Crippen molar-refractivity contribution in [3.05, 3.63) is 35.9 Å². The second-order valence-electron chi connectivity index (χ2n) is 3.62. The van der Waals surface area contributed by atoms with Crippen LogP contribution in [0.2, 0.25) is 0 Å². The summed E-state index contributed by atoms with van der Waals surface area (Å²) in [7, 11) is 0. The van der Waals surface area contributed by atoms with Gasteiger partial charge in [0.25, 0.3) is 0 Å². The molecule has 0 spiro atoms. The van der Waals surface area contributed by atoms with Gasteiger partial charge in [-0.15, -0.1) is 0 Å². The minimum absolute atomic E-state index is 0.658. The Bertz CT molecular complexity index is 300. The van der Waals surface area contributed by atoms with E-state index in [9.17, 15) is 0 Å². The Morgan fingerprint density at radius 1 is 1.27 bits per heavy atom. The van der Waals surface area contributed by atoms with Crippen molar-refractivity contribution in [2.45, 2.75) is 26.3 Å². The molecule has 0 saturated heterocycles. The van der Waals surface area contributed by atoms with E-state index in [-0.39, 0.29) is 0 Å². The fourth-order valence-electron chi connectivity index (χ4n) is 1.57. The van der Waals surface area contributed by atoms with Crippen molar-refractivity contribution in [3.63, 3.8) is 0 Å². The van der Waals surface area contributed by atoms with E-state index in [0.29, 0.717) is 6.42 Å². The van der Waals surface area contributed by atoms with Gasteiger partial charge in [0.1, 0.15) is 0 Å². The average Bonchev–Trinajstić information content (AvgIpc) is 2.29. The van der Waals surface area contributed by atoms with Crippen LogP contribution in [0.15, 0.2) is 30.3 Å². The molecule has 2 heteroatoms. The zero-order valence-electron chi connectivity index (χ0n) is 9.32. The summed E-state index contributed by atoms with van der Waals surface area (Å²) in [5.74, 6) is 0. The van der Waals surface area contributed by atoms with Gasteiger partial charge in [-0.05, 0) is 25.1 Å². The van der Waals surface area contributed by atoms with Crippen LogP contribution in [0, 0.1) is 11.3 Å². The molecule has 1 aromatic carbocycles. The molecule has 0 saturated carbocycles. The predicted molar refractivity (Wildman–Crippen MR) is 62.2 cm³/mol. The van der Waals surface area contributed by atoms with Gasteiger partial charge in [-0.2, -0.15) is 5.26 Å². The van der Waals surface area contributed by atoms with Gasteiger partial charge >= 0.3 is 0 Å². The lowest BCUT2D eigenvalue weighted by atomic mass is 10.2. The maximum atomic E-state index is 8.47. The second-order valence-corrected chi connectivity index (χ2v) is 3.62. The van der Waals surface area contributed by atoms with Crippen LogP contribution >= 0.6 is 0 Å². The van der Waals surface area contributed by atoms with E-state index in [4.69, 9.17) is 5.26 Å². The van der Waals surface area contributed by atoms with Crippen molar-refractivity contribution in [1.29, 1.82) is 5.26 Å². The van der Waals surface area contributed by atoms with Crippen LogP contribution in [0.25, 0.3) is 0 Å². The van der Waals surface area contributed by atoms with E-state index >= 15 is 0 Å². The van der Waals surface area contributed by atoms with E-state index in [2.05, 4.69) is 42.2 Å². The predicted octanol–water partition coefficient (Wildman–Crippen LogP) is 2.81. The van der Waals surface area contributed by atoms with E-state index in [0.717, 1.165) is 26.1 Å². The van der Waals surface area contributed by atoms with Crippen molar-refractivity contribution in [2.75, 3.05) is 13.1 Å². The number of hydrogen-bond acceptors (Lipinski definition) is 2. The first-order chi connectivity index (χ1) is 7.36. The maximum absolute atomic E-state index is 8.47. The molecule has 0 aliphatic carbocycles. The smallest absolute Gasteiger partial charge is 0.0622 e. The molecule has 0 N–H and O–H groups in total. The first kappa shape index (κ1) is 11.7. The lowest BCUT2D eigenvalue weighted by Gasteiger charge is -2.19. The minimum Gasteiger partial charge on any atom is -0.299 e. The van der Waals surface area contributed by atoms with E-state index in [1.807, 2.05) is 6.07 Å². The second kappa shape index (κ2) is 7.03. The van der Waals surface area contributed by atoms with Crippen LogP contribution in [-0.4, -0.2) is 18.0 Å². The molecule has 0 heterocycles. The molecule has 1 aromatic rings. The molecule has 80 valence electrons. The molecule has 2 nitrogen and oxygen atoms in total. The Labute approximate surface area is 92.1 Å². The molecule has 0 amide bonds. The van der Waals surface area contributed by atoms with Gasteiger partial charge in [0.2, 0.25) is 0 Å². The first-order valence-electron chi connectivity index (χ1n) is 5.50. The number of hydrogen-bond donors (Lipinski definition) is 0. The summed E-state index contributed by atoms with van der Waals surface area (Å²) >= 11 is 0. The van der Waals surface area contributed by atoms with Gasteiger partial charge in [0.05, 0.1) is 6.07 Å². The Morgan fingerprint density at radius 3 is 2.60 bits per heavy atom. The highest BCUT2D eigenvalue weighted by atomic mass is 15.1. The number of rotatable bonds is 6. The fraction of sp³-hybridized carbons (Fsp3) is 0.462. The van der Waals surface area contributed by atoms with Crippen molar-refractivity contribution in [3.8, 4) is 6.07 Å². The Hall–Kier alpha value is -1.33. The molecule has 0 fully saturated rings. The van der Waals surface area contributed by atoms with Crippen LogP contribution in [-0.2, 0) is 6.54 Å². The minimum atomic E-state index is 0.658. The van der Waals surface area contributed by atoms with Crippen LogP contribution in [0.3, 0.4) is 0 Å². The molecular formula is C13H18N2. The summed E-state index contributed by atoms with van der Waals surface area (Å²) in [5, 5.41) is 8.47. The summed E-state index contributed by atoms with van der Waals surface area (Å²) in [6.07, 6.45) is 1.63. The summed E-state index contributed by atoms with van der Waals surface area (Å²) in [4.78, 5) is 2.37. The average molecular weight is 202 g/mol. The van der Waals surface area contributed by atoms with Crippen LogP contribution < -0.4 is 0 Å². The number of nitrogens with zero attached hydrogens (tertiary/aromatic N) is 2.